The molecule has 1 N–H and O–H groups in total. The number of anilines is 1. The van der Waals surface area contributed by atoms with Crippen molar-refractivity contribution in [2.24, 2.45) is 0 Å². The number of carbonyl (C=O) groups excluding carboxylic acids is 1. The first-order chi connectivity index (χ1) is 13.4. The summed E-state index contributed by atoms with van der Waals surface area (Å²) in [6.07, 6.45) is 4.71. The highest BCUT2D eigenvalue weighted by molar-refractivity contribution is 5.68. The van der Waals surface area contributed by atoms with Crippen LogP contribution < -0.4 is 15.0 Å². The fourth-order valence-electron chi connectivity index (χ4n) is 2.99. The third-order valence-corrected chi connectivity index (χ3v) is 4.36. The average Bonchev–Trinajstić information content (AvgIpc) is 2.67. The number of ether oxygens (including phenoxy) is 2. The lowest BCUT2D eigenvalue weighted by molar-refractivity contribution is 0.0497. The van der Waals surface area contributed by atoms with E-state index in [1.54, 1.807) is 12.4 Å². The zero-order valence-corrected chi connectivity index (χ0v) is 16.7. The maximum atomic E-state index is 11.9. The number of hydrogen-bond acceptors (Lipinski definition) is 6. The minimum atomic E-state index is -0.483. The number of nitrogens with one attached hydrogen (secondary N) is 1. The fraction of sp³-hybridized carbons (Fsp3) is 0.476. The van der Waals surface area contributed by atoms with Gasteiger partial charge in [-0.25, -0.2) is 14.8 Å². The van der Waals surface area contributed by atoms with Gasteiger partial charge in [-0.05, 0) is 39.2 Å². The van der Waals surface area contributed by atoms with Crippen LogP contribution in [0.25, 0.3) is 0 Å². The Hall–Kier alpha value is -2.83. The van der Waals surface area contributed by atoms with Crippen LogP contribution in [-0.4, -0.2) is 40.8 Å². The maximum absolute atomic E-state index is 11.9. The molecule has 1 aromatic heterocycles. The van der Waals surface area contributed by atoms with E-state index in [9.17, 15) is 4.79 Å². The van der Waals surface area contributed by atoms with E-state index < -0.39 is 5.60 Å². The maximum Gasteiger partial charge on any atom is 0.407 e. The molecule has 0 atom stereocenters. The lowest BCUT2D eigenvalue weighted by atomic mass is 10.1. The van der Waals surface area contributed by atoms with Crippen molar-refractivity contribution in [3.05, 3.63) is 48.3 Å². The molecule has 0 unspecified atom stereocenters. The van der Waals surface area contributed by atoms with Crippen molar-refractivity contribution in [2.75, 3.05) is 18.0 Å². The molecule has 150 valence electrons. The number of nitrogens with zero attached hydrogens (tertiary/aromatic N) is 3. The van der Waals surface area contributed by atoms with E-state index in [-0.39, 0.29) is 12.1 Å². The lowest BCUT2D eigenvalue weighted by Gasteiger charge is -2.32. The molecule has 1 fully saturated rings. The zero-order valence-electron chi connectivity index (χ0n) is 16.7. The highest BCUT2D eigenvalue weighted by Gasteiger charge is 2.24. The summed E-state index contributed by atoms with van der Waals surface area (Å²) in [4.78, 5) is 22.9. The van der Waals surface area contributed by atoms with Crippen molar-refractivity contribution < 1.29 is 14.3 Å². The number of hydrogen-bond donors (Lipinski definition) is 1. The second-order valence-corrected chi connectivity index (χ2v) is 7.90. The van der Waals surface area contributed by atoms with Gasteiger partial charge < -0.3 is 19.7 Å². The summed E-state index contributed by atoms with van der Waals surface area (Å²) < 4.78 is 11.0. The Labute approximate surface area is 166 Å². The van der Waals surface area contributed by atoms with E-state index in [0.717, 1.165) is 31.5 Å². The number of aromatic nitrogens is 2. The Balaban J connectivity index is 1.45. The van der Waals surface area contributed by atoms with Gasteiger partial charge in [0.1, 0.15) is 12.2 Å². The lowest BCUT2D eigenvalue weighted by Crippen LogP contribution is -2.46. The fourth-order valence-corrected chi connectivity index (χ4v) is 2.99. The van der Waals surface area contributed by atoms with Gasteiger partial charge in [-0.1, -0.05) is 30.3 Å². The molecule has 0 bridgehead atoms. The monoisotopic (exact) mass is 384 g/mol. The smallest absolute Gasteiger partial charge is 0.407 e. The Bertz CT molecular complexity index is 751. The van der Waals surface area contributed by atoms with E-state index >= 15 is 0 Å². The van der Waals surface area contributed by atoms with Crippen LogP contribution in [0.4, 0.5) is 10.7 Å². The SMILES string of the molecule is CC(C)(C)OC(=O)NC1CCN(c2ncc(OCc3ccccc3)cn2)CC1. The molecule has 2 heterocycles. The van der Waals surface area contributed by atoms with Crippen molar-refractivity contribution >= 4 is 12.0 Å². The molecule has 0 saturated carbocycles. The van der Waals surface area contributed by atoms with Gasteiger partial charge in [-0.2, -0.15) is 0 Å². The first-order valence-corrected chi connectivity index (χ1v) is 9.62. The molecule has 1 amide bonds. The standard InChI is InChI=1S/C21H28N4O3/c1-21(2,3)28-20(26)24-17-9-11-25(12-10-17)19-22-13-18(14-23-19)27-15-16-7-5-4-6-8-16/h4-8,13-14,17H,9-12,15H2,1-3H3,(H,24,26). The molecule has 1 aromatic carbocycles. The molecule has 7 heteroatoms. The number of amides is 1. The first kappa shape index (κ1) is 19.9. The van der Waals surface area contributed by atoms with Crippen molar-refractivity contribution in [3.8, 4) is 5.75 Å². The van der Waals surface area contributed by atoms with E-state index in [4.69, 9.17) is 9.47 Å². The number of piperidine rings is 1. The highest BCUT2D eigenvalue weighted by Crippen LogP contribution is 2.19. The van der Waals surface area contributed by atoms with E-state index in [2.05, 4.69) is 20.2 Å². The van der Waals surface area contributed by atoms with Crippen molar-refractivity contribution in [3.63, 3.8) is 0 Å². The molecule has 1 saturated heterocycles. The summed E-state index contributed by atoms with van der Waals surface area (Å²) in [5, 5.41) is 2.94. The Kier molecular flexibility index (Phi) is 6.34. The van der Waals surface area contributed by atoms with Crippen molar-refractivity contribution in [2.45, 2.75) is 51.9 Å². The molecular weight excluding hydrogens is 356 g/mol. The summed E-state index contributed by atoms with van der Waals surface area (Å²) in [7, 11) is 0. The van der Waals surface area contributed by atoms with Crippen LogP contribution in [-0.2, 0) is 11.3 Å². The third kappa shape index (κ3) is 6.11. The molecule has 3 rings (SSSR count). The minimum absolute atomic E-state index is 0.111. The largest absolute Gasteiger partial charge is 0.486 e. The van der Waals surface area contributed by atoms with Crippen LogP contribution in [0.5, 0.6) is 5.75 Å². The number of benzene rings is 1. The molecule has 0 spiro atoms. The predicted octanol–water partition coefficient (Wildman–Crippen LogP) is 3.55. The Morgan fingerprint density at radius 1 is 1.14 bits per heavy atom. The van der Waals surface area contributed by atoms with Gasteiger partial charge in [0.15, 0.2) is 5.75 Å². The number of alkyl carbamates (subject to hydrolysis) is 1. The highest BCUT2D eigenvalue weighted by atomic mass is 16.6. The second kappa shape index (κ2) is 8.91. The van der Waals surface area contributed by atoms with Gasteiger partial charge >= 0.3 is 6.09 Å². The molecule has 0 radical (unpaired) electrons. The second-order valence-electron chi connectivity index (χ2n) is 7.90. The molecule has 28 heavy (non-hydrogen) atoms. The number of rotatable bonds is 5. The van der Waals surface area contributed by atoms with Crippen LogP contribution in [0.3, 0.4) is 0 Å². The normalized spacial score (nSPS) is 15.2. The third-order valence-electron chi connectivity index (χ3n) is 4.36. The van der Waals surface area contributed by atoms with E-state index in [0.29, 0.717) is 18.3 Å². The van der Waals surface area contributed by atoms with Gasteiger partial charge in [0.2, 0.25) is 5.95 Å². The minimum Gasteiger partial charge on any atom is -0.486 e. The van der Waals surface area contributed by atoms with Crippen LogP contribution in [0.1, 0.15) is 39.2 Å². The van der Waals surface area contributed by atoms with Gasteiger partial charge in [-0.15, -0.1) is 0 Å². The van der Waals surface area contributed by atoms with Gasteiger partial charge in [0, 0.05) is 19.1 Å². The average molecular weight is 384 g/mol. The summed E-state index contributed by atoms with van der Waals surface area (Å²) in [6, 6.07) is 10.1. The van der Waals surface area contributed by atoms with E-state index in [1.807, 2.05) is 51.1 Å². The summed E-state index contributed by atoms with van der Waals surface area (Å²) in [5.74, 6) is 1.33. The van der Waals surface area contributed by atoms with Crippen LogP contribution >= 0.6 is 0 Å². The summed E-state index contributed by atoms with van der Waals surface area (Å²) in [6.45, 7) is 7.64. The predicted molar refractivity (Wildman–Crippen MR) is 107 cm³/mol. The quantitative estimate of drug-likeness (QED) is 0.850. The van der Waals surface area contributed by atoms with E-state index in [1.165, 1.54) is 0 Å². The van der Waals surface area contributed by atoms with Gasteiger partial charge in [0.05, 0.1) is 12.4 Å². The molecule has 1 aliphatic heterocycles. The summed E-state index contributed by atoms with van der Waals surface area (Å²) in [5.41, 5.74) is 0.620. The van der Waals surface area contributed by atoms with Gasteiger partial charge in [0.25, 0.3) is 0 Å². The van der Waals surface area contributed by atoms with Gasteiger partial charge in [-0.3, -0.25) is 0 Å². The van der Waals surface area contributed by atoms with Crippen LogP contribution in [0.2, 0.25) is 0 Å². The van der Waals surface area contributed by atoms with Crippen LogP contribution in [0.15, 0.2) is 42.7 Å². The Morgan fingerprint density at radius 3 is 2.39 bits per heavy atom. The van der Waals surface area contributed by atoms with Crippen molar-refractivity contribution in [1.29, 1.82) is 0 Å². The molecule has 1 aliphatic rings. The first-order valence-electron chi connectivity index (χ1n) is 9.62. The number of carbonyl (C=O) groups is 1. The topological polar surface area (TPSA) is 76.6 Å². The molecule has 2 aromatic rings. The molecular formula is C21H28N4O3. The zero-order chi connectivity index (χ0) is 20.0. The molecule has 0 aliphatic carbocycles. The van der Waals surface area contributed by atoms with Crippen LogP contribution in [0, 0.1) is 0 Å². The van der Waals surface area contributed by atoms with Crippen molar-refractivity contribution in [1.82, 2.24) is 15.3 Å². The Morgan fingerprint density at radius 2 is 1.79 bits per heavy atom. The summed E-state index contributed by atoms with van der Waals surface area (Å²) >= 11 is 0. The molecule has 7 nitrogen and oxygen atoms in total.